The molecule has 0 aliphatic carbocycles. The second-order valence-corrected chi connectivity index (χ2v) is 3.31. The molecule has 0 spiro atoms. The summed E-state index contributed by atoms with van der Waals surface area (Å²) in [5, 5.41) is 3.05. The van der Waals surface area contributed by atoms with Crippen LogP contribution < -0.4 is 5.32 Å². The molecule has 0 saturated carbocycles. The number of rotatable bonds is 5. The van der Waals surface area contributed by atoms with E-state index in [1.807, 2.05) is 0 Å². The van der Waals surface area contributed by atoms with Crippen LogP contribution in [0.5, 0.6) is 0 Å². The molecule has 80 valence electrons. The number of pyridine rings is 1. The van der Waals surface area contributed by atoms with E-state index in [0.29, 0.717) is 12.1 Å². The summed E-state index contributed by atoms with van der Waals surface area (Å²) >= 11 is 0. The summed E-state index contributed by atoms with van der Waals surface area (Å²) in [4.78, 5) is 4.04. The fourth-order valence-electron chi connectivity index (χ4n) is 1.48. The van der Waals surface area contributed by atoms with Crippen LogP contribution in [0.2, 0.25) is 0 Å². The molecule has 1 rings (SSSR count). The van der Waals surface area contributed by atoms with E-state index >= 15 is 0 Å². The zero-order chi connectivity index (χ0) is 11.1. The third kappa shape index (κ3) is 3.34. The van der Waals surface area contributed by atoms with Crippen molar-refractivity contribution in [2.45, 2.75) is 25.3 Å². The van der Waals surface area contributed by atoms with Crippen molar-refractivity contribution in [2.24, 2.45) is 0 Å². The fraction of sp³-hybridized carbons (Fsp3) is 0.417. The maximum absolute atomic E-state index is 13.4. The van der Waals surface area contributed by atoms with Gasteiger partial charge in [0.2, 0.25) is 0 Å². The molecule has 0 aromatic carbocycles. The second-order valence-electron chi connectivity index (χ2n) is 3.31. The van der Waals surface area contributed by atoms with Gasteiger partial charge in [0.05, 0.1) is 11.7 Å². The average Bonchev–Trinajstić information content (AvgIpc) is 2.26. The zero-order valence-electron chi connectivity index (χ0n) is 8.83. The first-order valence-electron chi connectivity index (χ1n) is 5.00. The van der Waals surface area contributed by atoms with Gasteiger partial charge in [0, 0.05) is 12.6 Å². The molecule has 0 fully saturated rings. The van der Waals surface area contributed by atoms with Crippen LogP contribution in [0.3, 0.4) is 0 Å². The van der Waals surface area contributed by atoms with Crippen molar-refractivity contribution in [3.05, 3.63) is 29.8 Å². The van der Waals surface area contributed by atoms with E-state index in [0.717, 1.165) is 12.8 Å². The second kappa shape index (κ2) is 6.15. The van der Waals surface area contributed by atoms with Crippen molar-refractivity contribution in [3.63, 3.8) is 0 Å². The third-order valence-electron chi connectivity index (χ3n) is 2.28. The zero-order valence-corrected chi connectivity index (χ0v) is 8.83. The minimum Gasteiger partial charge on any atom is -0.312 e. The van der Waals surface area contributed by atoms with Gasteiger partial charge in [-0.15, -0.1) is 12.3 Å². The third-order valence-corrected chi connectivity index (χ3v) is 2.28. The predicted molar refractivity (Wildman–Crippen MR) is 58.7 cm³/mol. The molecule has 0 aliphatic heterocycles. The van der Waals surface area contributed by atoms with Crippen LogP contribution in [0.25, 0.3) is 0 Å². The van der Waals surface area contributed by atoms with Crippen LogP contribution in [0.1, 0.15) is 31.0 Å². The lowest BCUT2D eigenvalue weighted by Gasteiger charge is -2.15. The molecule has 0 saturated heterocycles. The van der Waals surface area contributed by atoms with Crippen LogP contribution in [-0.4, -0.2) is 12.0 Å². The summed E-state index contributed by atoms with van der Waals surface area (Å²) < 4.78 is 13.4. The minimum atomic E-state index is -0.266. The maximum Gasteiger partial charge on any atom is 0.146 e. The van der Waals surface area contributed by atoms with Crippen molar-refractivity contribution in [1.29, 1.82) is 0 Å². The molecule has 0 aliphatic rings. The van der Waals surface area contributed by atoms with E-state index in [1.165, 1.54) is 6.07 Å². The number of unbranched alkanes of at least 4 members (excludes halogenated alkanes) is 1. The monoisotopic (exact) mass is 206 g/mol. The van der Waals surface area contributed by atoms with Crippen LogP contribution in [0.15, 0.2) is 18.3 Å². The van der Waals surface area contributed by atoms with Gasteiger partial charge in [-0.05, 0) is 32.0 Å². The van der Waals surface area contributed by atoms with Crippen molar-refractivity contribution >= 4 is 0 Å². The first kappa shape index (κ1) is 11.7. The lowest BCUT2D eigenvalue weighted by molar-refractivity contribution is 0.483. The Hall–Kier alpha value is -1.40. The topological polar surface area (TPSA) is 24.9 Å². The van der Waals surface area contributed by atoms with E-state index in [-0.39, 0.29) is 11.9 Å². The van der Waals surface area contributed by atoms with E-state index in [9.17, 15) is 4.39 Å². The molecule has 1 unspecified atom stereocenters. The van der Waals surface area contributed by atoms with Gasteiger partial charge in [-0.25, -0.2) is 4.39 Å². The van der Waals surface area contributed by atoms with E-state index in [2.05, 4.69) is 16.2 Å². The summed E-state index contributed by atoms with van der Waals surface area (Å²) in [6.07, 6.45) is 9.15. The molecule has 1 heterocycles. The quantitative estimate of drug-likeness (QED) is 0.590. The summed E-state index contributed by atoms with van der Waals surface area (Å²) in [5.41, 5.74) is 0.469. The molecule has 1 aromatic rings. The number of nitrogens with zero attached hydrogens (tertiary/aromatic N) is 1. The normalized spacial score (nSPS) is 12.1. The molecule has 1 aromatic heterocycles. The smallest absolute Gasteiger partial charge is 0.146 e. The van der Waals surface area contributed by atoms with E-state index < -0.39 is 0 Å². The van der Waals surface area contributed by atoms with Crippen molar-refractivity contribution in [2.75, 3.05) is 7.05 Å². The first-order valence-corrected chi connectivity index (χ1v) is 5.00. The highest BCUT2D eigenvalue weighted by Crippen LogP contribution is 2.19. The largest absolute Gasteiger partial charge is 0.312 e. The highest BCUT2D eigenvalue weighted by molar-refractivity contribution is 5.11. The number of hydrogen-bond donors (Lipinski definition) is 1. The van der Waals surface area contributed by atoms with Crippen LogP contribution in [0.4, 0.5) is 4.39 Å². The average molecular weight is 206 g/mol. The van der Waals surface area contributed by atoms with Crippen molar-refractivity contribution < 1.29 is 4.39 Å². The van der Waals surface area contributed by atoms with Crippen LogP contribution in [-0.2, 0) is 0 Å². The number of terminal acetylenes is 1. The molecule has 15 heavy (non-hydrogen) atoms. The molecular formula is C12H15FN2. The fourth-order valence-corrected chi connectivity index (χ4v) is 1.48. The lowest BCUT2D eigenvalue weighted by Crippen LogP contribution is -2.18. The Kier molecular flexibility index (Phi) is 4.79. The van der Waals surface area contributed by atoms with Gasteiger partial charge in [-0.3, -0.25) is 4.98 Å². The van der Waals surface area contributed by atoms with Gasteiger partial charge in [-0.1, -0.05) is 0 Å². The SMILES string of the molecule is C#CCCCC(NC)c1ncccc1F. The molecule has 1 N–H and O–H groups in total. The number of nitrogens with one attached hydrogen (secondary N) is 1. The first-order chi connectivity index (χ1) is 7.29. The Morgan fingerprint density at radius 1 is 1.67 bits per heavy atom. The lowest BCUT2D eigenvalue weighted by atomic mass is 10.1. The highest BCUT2D eigenvalue weighted by Gasteiger charge is 2.14. The van der Waals surface area contributed by atoms with Gasteiger partial charge in [0.25, 0.3) is 0 Å². The van der Waals surface area contributed by atoms with Gasteiger partial charge >= 0.3 is 0 Å². The molecule has 0 amide bonds. The van der Waals surface area contributed by atoms with Gasteiger partial charge in [0.15, 0.2) is 0 Å². The Labute approximate surface area is 89.9 Å². The molecule has 1 atom stereocenters. The Morgan fingerprint density at radius 2 is 2.47 bits per heavy atom. The standard InChI is InChI=1S/C12H15FN2/c1-3-4-5-8-11(14-2)12-10(13)7-6-9-15-12/h1,6-7,9,11,14H,4-5,8H2,2H3. The highest BCUT2D eigenvalue weighted by atomic mass is 19.1. The minimum absolute atomic E-state index is 0.0560. The molecule has 2 nitrogen and oxygen atoms in total. The number of aromatic nitrogens is 1. The predicted octanol–water partition coefficient (Wildman–Crippen LogP) is 2.28. The summed E-state index contributed by atoms with van der Waals surface area (Å²) in [5.74, 6) is 2.31. The number of hydrogen-bond acceptors (Lipinski definition) is 2. The molecular weight excluding hydrogens is 191 g/mol. The Balaban J connectivity index is 2.66. The van der Waals surface area contributed by atoms with Gasteiger partial charge < -0.3 is 5.32 Å². The van der Waals surface area contributed by atoms with Crippen LogP contribution in [0, 0.1) is 18.2 Å². The van der Waals surface area contributed by atoms with Gasteiger partial charge in [0.1, 0.15) is 5.82 Å². The van der Waals surface area contributed by atoms with Crippen LogP contribution >= 0.6 is 0 Å². The maximum atomic E-state index is 13.4. The van der Waals surface area contributed by atoms with E-state index in [1.54, 1.807) is 19.3 Å². The van der Waals surface area contributed by atoms with Crippen molar-refractivity contribution in [1.82, 2.24) is 10.3 Å². The Morgan fingerprint density at radius 3 is 3.07 bits per heavy atom. The molecule has 0 bridgehead atoms. The summed E-state index contributed by atoms with van der Waals surface area (Å²) in [6, 6.07) is 2.96. The number of halogens is 1. The summed E-state index contributed by atoms with van der Waals surface area (Å²) in [6.45, 7) is 0. The summed E-state index contributed by atoms with van der Waals surface area (Å²) in [7, 11) is 1.80. The molecule has 0 radical (unpaired) electrons. The molecule has 3 heteroatoms. The van der Waals surface area contributed by atoms with Gasteiger partial charge in [-0.2, -0.15) is 0 Å². The Bertz CT molecular complexity index is 344. The van der Waals surface area contributed by atoms with Crippen molar-refractivity contribution in [3.8, 4) is 12.3 Å². The van der Waals surface area contributed by atoms with E-state index in [4.69, 9.17) is 6.42 Å².